The molecule has 1 atom stereocenters. The van der Waals surface area contributed by atoms with Crippen LogP contribution in [0.3, 0.4) is 0 Å². The Morgan fingerprint density at radius 2 is 1.90 bits per heavy atom. The second kappa shape index (κ2) is 6.79. The van der Waals surface area contributed by atoms with Crippen LogP contribution in [-0.2, 0) is 0 Å². The first-order chi connectivity index (χ1) is 9.65. The smallest absolute Gasteiger partial charge is 0.252 e. The number of benzene rings is 2. The third kappa shape index (κ3) is 4.15. The van der Waals surface area contributed by atoms with E-state index in [1.807, 2.05) is 37.3 Å². The van der Waals surface area contributed by atoms with E-state index in [1.165, 1.54) is 0 Å². The molecule has 0 aliphatic rings. The lowest BCUT2D eigenvalue weighted by Gasteiger charge is -2.07. The molecule has 0 fully saturated rings. The number of carbonyl (C=O) groups is 1. The highest BCUT2D eigenvalue weighted by atomic mass is 35.5. The van der Waals surface area contributed by atoms with E-state index in [9.17, 15) is 4.79 Å². The lowest BCUT2D eigenvalue weighted by molar-refractivity contribution is 0.0948. The van der Waals surface area contributed by atoms with E-state index < -0.39 is 0 Å². The van der Waals surface area contributed by atoms with Crippen LogP contribution in [0, 0.1) is 11.8 Å². The second-order valence-electron chi connectivity index (χ2n) is 4.34. The molecule has 2 aromatic rings. The van der Waals surface area contributed by atoms with Gasteiger partial charge in [-0.2, -0.15) is 0 Å². The molecule has 0 radical (unpaired) electrons. The highest BCUT2D eigenvalue weighted by Gasteiger charge is 2.06. The van der Waals surface area contributed by atoms with Crippen molar-refractivity contribution in [3.8, 4) is 11.8 Å². The Morgan fingerprint density at radius 3 is 2.60 bits per heavy atom. The predicted molar refractivity (Wildman–Crippen MR) is 81.7 cm³/mol. The molecule has 0 aliphatic heterocycles. The minimum absolute atomic E-state index is 0.126. The second-order valence-corrected chi connectivity index (χ2v) is 4.78. The van der Waals surface area contributed by atoms with Crippen molar-refractivity contribution >= 4 is 17.5 Å². The number of rotatable bonds is 2. The standard InChI is InChI=1S/C17H14ClNO/c1-13(10-11-14-6-5-9-16(18)12-14)19-17(20)15-7-3-2-4-8-15/h2-9,12-13H,1H3,(H,19,20)/t13-/m1/s1. The van der Waals surface area contributed by atoms with Gasteiger partial charge >= 0.3 is 0 Å². The van der Waals surface area contributed by atoms with Gasteiger partial charge in [0.25, 0.3) is 5.91 Å². The molecule has 1 N–H and O–H groups in total. The average Bonchev–Trinajstić information content (AvgIpc) is 2.46. The van der Waals surface area contributed by atoms with Gasteiger partial charge in [0.05, 0.1) is 6.04 Å². The summed E-state index contributed by atoms with van der Waals surface area (Å²) >= 11 is 5.89. The summed E-state index contributed by atoms with van der Waals surface area (Å²) in [6.07, 6.45) is 0. The molecule has 100 valence electrons. The van der Waals surface area contributed by atoms with Gasteiger partial charge in [-0.25, -0.2) is 0 Å². The van der Waals surface area contributed by atoms with E-state index >= 15 is 0 Å². The zero-order valence-corrected chi connectivity index (χ0v) is 11.8. The summed E-state index contributed by atoms with van der Waals surface area (Å²) in [5, 5.41) is 3.49. The van der Waals surface area contributed by atoms with E-state index in [-0.39, 0.29) is 11.9 Å². The van der Waals surface area contributed by atoms with Crippen LogP contribution in [0.25, 0.3) is 0 Å². The Kier molecular flexibility index (Phi) is 4.81. The van der Waals surface area contributed by atoms with Crippen LogP contribution in [-0.4, -0.2) is 11.9 Å². The van der Waals surface area contributed by atoms with Gasteiger partial charge in [0.2, 0.25) is 0 Å². The molecule has 2 rings (SSSR count). The monoisotopic (exact) mass is 283 g/mol. The van der Waals surface area contributed by atoms with E-state index in [4.69, 9.17) is 11.6 Å². The number of nitrogens with one attached hydrogen (secondary N) is 1. The van der Waals surface area contributed by atoms with Crippen molar-refractivity contribution in [3.63, 3.8) is 0 Å². The summed E-state index contributed by atoms with van der Waals surface area (Å²) in [4.78, 5) is 11.9. The molecule has 0 bridgehead atoms. The van der Waals surface area contributed by atoms with Gasteiger partial charge in [-0.05, 0) is 37.3 Å². The first kappa shape index (κ1) is 14.2. The molecule has 0 saturated heterocycles. The molecule has 0 heterocycles. The van der Waals surface area contributed by atoms with Crippen LogP contribution in [0.2, 0.25) is 5.02 Å². The van der Waals surface area contributed by atoms with Crippen molar-refractivity contribution < 1.29 is 4.79 Å². The zero-order valence-electron chi connectivity index (χ0n) is 11.1. The number of amides is 1. The minimum atomic E-state index is -0.235. The third-order valence-corrected chi connectivity index (χ3v) is 2.88. The summed E-state index contributed by atoms with van der Waals surface area (Å²) in [6, 6.07) is 16.2. The van der Waals surface area contributed by atoms with E-state index in [1.54, 1.807) is 24.3 Å². The fraction of sp³-hybridized carbons (Fsp3) is 0.118. The molecule has 0 spiro atoms. The van der Waals surface area contributed by atoms with Gasteiger partial charge in [0.1, 0.15) is 0 Å². The van der Waals surface area contributed by atoms with Gasteiger partial charge in [-0.3, -0.25) is 4.79 Å². The SMILES string of the molecule is C[C@H](C#Cc1cccc(Cl)c1)NC(=O)c1ccccc1. The molecule has 0 unspecified atom stereocenters. The lowest BCUT2D eigenvalue weighted by Crippen LogP contribution is -2.31. The van der Waals surface area contributed by atoms with Crippen LogP contribution in [0.15, 0.2) is 54.6 Å². The first-order valence-corrected chi connectivity index (χ1v) is 6.66. The zero-order chi connectivity index (χ0) is 14.4. The molecule has 2 nitrogen and oxygen atoms in total. The van der Waals surface area contributed by atoms with Crippen LogP contribution in [0.1, 0.15) is 22.8 Å². The summed E-state index contributed by atoms with van der Waals surface area (Å²) in [5.74, 6) is 5.85. The molecule has 0 saturated carbocycles. The van der Waals surface area contributed by atoms with Gasteiger partial charge in [0, 0.05) is 16.1 Å². The Labute approximate surface area is 123 Å². The average molecular weight is 284 g/mol. The van der Waals surface area contributed by atoms with Crippen molar-refractivity contribution in [1.29, 1.82) is 0 Å². The highest BCUT2D eigenvalue weighted by molar-refractivity contribution is 6.30. The van der Waals surface area contributed by atoms with Gasteiger partial charge < -0.3 is 5.32 Å². The highest BCUT2D eigenvalue weighted by Crippen LogP contribution is 2.09. The van der Waals surface area contributed by atoms with E-state index in [0.717, 1.165) is 5.56 Å². The van der Waals surface area contributed by atoms with Gasteiger partial charge in [0.15, 0.2) is 0 Å². The molecule has 20 heavy (non-hydrogen) atoms. The summed E-state index contributed by atoms with van der Waals surface area (Å²) in [5.41, 5.74) is 1.46. The maximum atomic E-state index is 11.9. The summed E-state index contributed by atoms with van der Waals surface area (Å²) in [6.45, 7) is 1.85. The normalized spacial score (nSPS) is 11.1. The minimum Gasteiger partial charge on any atom is -0.339 e. The van der Waals surface area contributed by atoms with Crippen LogP contribution >= 0.6 is 11.6 Å². The van der Waals surface area contributed by atoms with Crippen LogP contribution in [0.4, 0.5) is 0 Å². The van der Waals surface area contributed by atoms with Crippen molar-refractivity contribution in [1.82, 2.24) is 5.32 Å². The molecule has 0 aliphatic carbocycles. The lowest BCUT2D eigenvalue weighted by atomic mass is 10.2. The van der Waals surface area contributed by atoms with E-state index in [2.05, 4.69) is 17.2 Å². The van der Waals surface area contributed by atoms with Gasteiger partial charge in [-0.15, -0.1) is 0 Å². The molecule has 2 aromatic carbocycles. The van der Waals surface area contributed by atoms with Gasteiger partial charge in [-0.1, -0.05) is 47.7 Å². The Hall–Kier alpha value is -2.24. The van der Waals surface area contributed by atoms with Crippen LogP contribution in [0.5, 0.6) is 0 Å². The Morgan fingerprint density at radius 1 is 1.15 bits per heavy atom. The predicted octanol–water partition coefficient (Wildman–Crippen LogP) is 3.51. The number of halogens is 1. The first-order valence-electron chi connectivity index (χ1n) is 6.28. The number of carbonyl (C=O) groups excluding carboxylic acids is 1. The fourth-order valence-corrected chi connectivity index (χ4v) is 1.85. The number of hydrogen-bond donors (Lipinski definition) is 1. The molecule has 3 heteroatoms. The van der Waals surface area contributed by atoms with Crippen molar-refractivity contribution in [2.24, 2.45) is 0 Å². The Balaban J connectivity index is 2.00. The fourth-order valence-electron chi connectivity index (χ4n) is 1.66. The van der Waals surface area contributed by atoms with Crippen LogP contribution < -0.4 is 5.32 Å². The van der Waals surface area contributed by atoms with E-state index in [0.29, 0.717) is 10.6 Å². The molecular formula is C17H14ClNO. The van der Waals surface area contributed by atoms with Crippen molar-refractivity contribution in [2.75, 3.05) is 0 Å². The van der Waals surface area contributed by atoms with Crippen molar-refractivity contribution in [3.05, 3.63) is 70.7 Å². The molecule has 1 amide bonds. The quantitative estimate of drug-likeness (QED) is 0.840. The largest absolute Gasteiger partial charge is 0.339 e. The number of hydrogen-bond acceptors (Lipinski definition) is 1. The summed E-state index contributed by atoms with van der Waals surface area (Å²) in [7, 11) is 0. The molecular weight excluding hydrogens is 270 g/mol. The third-order valence-electron chi connectivity index (χ3n) is 2.64. The summed E-state index contributed by atoms with van der Waals surface area (Å²) < 4.78 is 0. The maximum absolute atomic E-state index is 11.9. The molecule has 0 aromatic heterocycles. The Bertz CT molecular complexity index is 655. The maximum Gasteiger partial charge on any atom is 0.252 e. The topological polar surface area (TPSA) is 29.1 Å². The van der Waals surface area contributed by atoms with Crippen molar-refractivity contribution in [2.45, 2.75) is 13.0 Å².